The molecular weight excluding hydrogens is 553 g/mol. The number of hydrogen-bond donors (Lipinski definition) is 3. The number of carbonyl (C=O) groups is 2. The van der Waals surface area contributed by atoms with Gasteiger partial charge in [-0.15, -0.1) is 11.8 Å². The van der Waals surface area contributed by atoms with Crippen LogP contribution in [-0.4, -0.2) is 41.7 Å². The molecule has 0 aliphatic heterocycles. The average Bonchev–Trinajstić information content (AvgIpc) is 2.90. The number of aliphatic hydroxyl groups is 1. The second-order valence-corrected chi connectivity index (χ2v) is 11.1. The van der Waals surface area contributed by atoms with Crippen molar-refractivity contribution in [3.05, 3.63) is 89.3 Å². The molecule has 0 radical (unpaired) electrons. The summed E-state index contributed by atoms with van der Waals surface area (Å²) >= 11 is 1.17. The van der Waals surface area contributed by atoms with Crippen LogP contribution in [0.3, 0.4) is 0 Å². The molecule has 0 heterocycles. The van der Waals surface area contributed by atoms with E-state index >= 15 is 0 Å². The minimum Gasteiger partial charge on any atom is -0.513 e. The van der Waals surface area contributed by atoms with Gasteiger partial charge in [-0.05, 0) is 47.2 Å². The van der Waals surface area contributed by atoms with E-state index in [-0.39, 0.29) is 47.7 Å². The molecule has 3 N–H and O–H groups in total. The minimum atomic E-state index is -4.44. The van der Waals surface area contributed by atoms with E-state index in [1.54, 1.807) is 13.2 Å². The summed E-state index contributed by atoms with van der Waals surface area (Å²) in [4.78, 5) is 26.1. The van der Waals surface area contributed by atoms with E-state index in [2.05, 4.69) is 23.8 Å². The minimum absolute atomic E-state index is 0.0111. The number of ketones is 1. The van der Waals surface area contributed by atoms with E-state index in [1.165, 1.54) is 17.8 Å². The van der Waals surface area contributed by atoms with E-state index in [0.717, 1.165) is 29.7 Å². The molecule has 224 valence electrons. The summed E-state index contributed by atoms with van der Waals surface area (Å²) in [6, 6.07) is 9.21. The molecule has 0 aliphatic rings. The molecule has 2 atom stereocenters. The number of nitrogens with one attached hydrogen (secondary N) is 2. The van der Waals surface area contributed by atoms with Gasteiger partial charge >= 0.3 is 6.18 Å². The Kier molecular flexibility index (Phi) is 12.8. The van der Waals surface area contributed by atoms with Gasteiger partial charge in [0.1, 0.15) is 5.75 Å². The van der Waals surface area contributed by atoms with E-state index < -0.39 is 23.8 Å². The van der Waals surface area contributed by atoms with Crippen LogP contribution in [-0.2, 0) is 34.4 Å². The number of carbonyl (C=O) groups excluding carboxylic acids is 2. The maximum Gasteiger partial charge on any atom is 0.416 e. The van der Waals surface area contributed by atoms with E-state index in [4.69, 9.17) is 4.74 Å². The second-order valence-electron chi connectivity index (χ2n) is 10.1. The number of benzene rings is 2. The molecule has 2 aromatic rings. The number of amides is 1. The summed E-state index contributed by atoms with van der Waals surface area (Å²) < 4.78 is 44.3. The van der Waals surface area contributed by atoms with Crippen LogP contribution in [0.25, 0.3) is 0 Å². The SMILES string of the molecule is C=C(O)C[C@H](NC(=C)[C@@H](NC(=O)Cc1cc(OC)ccc1CC)C(C)C)C(=O)CSCc1cccc(C(F)(F)F)c1. The Bertz CT molecular complexity index is 1230. The lowest BCUT2D eigenvalue weighted by Crippen LogP contribution is -2.48. The number of ether oxygens (including phenoxy) is 1. The van der Waals surface area contributed by atoms with Gasteiger partial charge in [-0.3, -0.25) is 9.59 Å². The Morgan fingerprint density at radius 1 is 1.07 bits per heavy atom. The molecule has 2 rings (SSSR count). The van der Waals surface area contributed by atoms with Crippen molar-refractivity contribution in [2.24, 2.45) is 5.92 Å². The predicted molar refractivity (Wildman–Crippen MR) is 158 cm³/mol. The lowest BCUT2D eigenvalue weighted by molar-refractivity contribution is -0.137. The molecule has 0 spiro atoms. The number of rotatable bonds is 16. The Balaban J connectivity index is 2.06. The summed E-state index contributed by atoms with van der Waals surface area (Å²) in [7, 11) is 1.57. The van der Waals surface area contributed by atoms with Gasteiger partial charge in [0.05, 0.1) is 42.7 Å². The van der Waals surface area contributed by atoms with Crippen molar-refractivity contribution in [1.29, 1.82) is 0 Å². The van der Waals surface area contributed by atoms with Crippen molar-refractivity contribution in [1.82, 2.24) is 10.6 Å². The number of alkyl halides is 3. The molecule has 1 amide bonds. The van der Waals surface area contributed by atoms with Crippen molar-refractivity contribution < 1.29 is 32.6 Å². The summed E-state index contributed by atoms with van der Waals surface area (Å²) in [5.74, 6) is 0.0748. The maximum absolute atomic E-state index is 13.1. The zero-order valence-electron chi connectivity index (χ0n) is 23.9. The Labute approximate surface area is 244 Å². The summed E-state index contributed by atoms with van der Waals surface area (Å²) in [6.07, 6.45) is -3.62. The topological polar surface area (TPSA) is 87.7 Å². The number of Topliss-reactive ketones (excluding diaryl/α,β-unsaturated/α-hetero) is 1. The molecule has 0 fully saturated rings. The number of aliphatic hydroxyl groups excluding tert-OH is 1. The summed E-state index contributed by atoms with van der Waals surface area (Å²) in [6.45, 7) is 13.4. The van der Waals surface area contributed by atoms with Gasteiger partial charge in [0.2, 0.25) is 5.91 Å². The highest BCUT2D eigenvalue weighted by Gasteiger charge is 2.30. The highest BCUT2D eigenvalue weighted by atomic mass is 32.2. The lowest BCUT2D eigenvalue weighted by Gasteiger charge is -2.29. The fourth-order valence-electron chi connectivity index (χ4n) is 4.29. The monoisotopic (exact) mass is 592 g/mol. The molecular formula is C31H39F3N2O4S. The maximum atomic E-state index is 13.1. The quantitative estimate of drug-likeness (QED) is 0.196. The number of halogens is 3. The molecule has 0 aromatic heterocycles. The van der Waals surface area contributed by atoms with Gasteiger partial charge in [-0.1, -0.05) is 58.2 Å². The molecule has 0 aliphatic carbocycles. The standard InChI is InChI=1S/C31H39F3N2O4S/c1-7-23-11-12-26(40-6)15-24(23)16-29(39)36-30(19(2)3)21(5)35-27(13-20(4)37)28(38)18-41-17-22-9-8-10-25(14-22)31(32,33)34/h8-12,14-15,19,27,30,35,37H,4-5,7,13,16-18H2,1-3,6H3,(H,36,39)/t27-,30-/m0/s1. The number of aryl methyl sites for hydroxylation is 1. The van der Waals surface area contributed by atoms with Gasteiger partial charge in [0.25, 0.3) is 0 Å². The van der Waals surface area contributed by atoms with Crippen molar-refractivity contribution in [2.75, 3.05) is 12.9 Å². The van der Waals surface area contributed by atoms with E-state index in [1.807, 2.05) is 39.0 Å². The first-order valence-electron chi connectivity index (χ1n) is 13.3. The van der Waals surface area contributed by atoms with Gasteiger partial charge in [-0.25, -0.2) is 0 Å². The molecule has 0 bridgehead atoms. The van der Waals surface area contributed by atoms with Crippen LogP contribution >= 0.6 is 11.8 Å². The van der Waals surface area contributed by atoms with Crippen molar-refractivity contribution >= 4 is 23.5 Å². The molecule has 0 unspecified atom stereocenters. The van der Waals surface area contributed by atoms with Gasteiger partial charge in [0, 0.05) is 17.9 Å². The van der Waals surface area contributed by atoms with Crippen molar-refractivity contribution in [2.45, 2.75) is 64.0 Å². The fourth-order valence-corrected chi connectivity index (χ4v) is 5.21. The molecule has 2 aromatic carbocycles. The van der Waals surface area contributed by atoms with Crippen LogP contribution in [0.5, 0.6) is 5.75 Å². The second kappa shape index (κ2) is 15.6. The van der Waals surface area contributed by atoms with E-state index in [9.17, 15) is 27.9 Å². The lowest BCUT2D eigenvalue weighted by atomic mass is 9.98. The Morgan fingerprint density at radius 3 is 2.37 bits per heavy atom. The first-order valence-corrected chi connectivity index (χ1v) is 14.4. The van der Waals surface area contributed by atoms with Crippen LogP contribution in [0.1, 0.15) is 49.4 Å². The fraction of sp³-hybridized carbons (Fsp3) is 0.419. The van der Waals surface area contributed by atoms with Crippen LogP contribution in [0, 0.1) is 5.92 Å². The zero-order chi connectivity index (χ0) is 30.7. The first-order chi connectivity index (χ1) is 19.2. The van der Waals surface area contributed by atoms with Crippen molar-refractivity contribution in [3.63, 3.8) is 0 Å². The number of methoxy groups -OCH3 is 1. The Hall–Kier alpha value is -3.40. The predicted octanol–water partition coefficient (Wildman–Crippen LogP) is 6.40. The third-order valence-corrected chi connectivity index (χ3v) is 7.49. The van der Waals surface area contributed by atoms with Crippen molar-refractivity contribution in [3.8, 4) is 5.75 Å². The number of thioether (sulfide) groups is 1. The first kappa shape index (κ1) is 33.8. The molecule has 0 saturated heterocycles. The van der Waals surface area contributed by atoms with Gasteiger partial charge < -0.3 is 20.5 Å². The number of hydrogen-bond acceptors (Lipinski definition) is 6. The third kappa shape index (κ3) is 10.8. The third-order valence-electron chi connectivity index (χ3n) is 6.46. The van der Waals surface area contributed by atoms with Crippen LogP contribution in [0.2, 0.25) is 0 Å². The van der Waals surface area contributed by atoms with Gasteiger partial charge in [-0.2, -0.15) is 13.2 Å². The van der Waals surface area contributed by atoms with E-state index in [0.29, 0.717) is 17.0 Å². The molecule has 6 nitrogen and oxygen atoms in total. The highest BCUT2D eigenvalue weighted by molar-refractivity contribution is 7.99. The Morgan fingerprint density at radius 2 is 1.78 bits per heavy atom. The van der Waals surface area contributed by atoms with Crippen LogP contribution in [0.4, 0.5) is 13.2 Å². The molecule has 10 heteroatoms. The highest BCUT2D eigenvalue weighted by Crippen LogP contribution is 2.30. The summed E-state index contributed by atoms with van der Waals surface area (Å²) in [5, 5.41) is 15.9. The average molecular weight is 593 g/mol. The summed E-state index contributed by atoms with van der Waals surface area (Å²) in [5.41, 5.74) is 2.00. The molecule has 0 saturated carbocycles. The largest absolute Gasteiger partial charge is 0.513 e. The molecule has 41 heavy (non-hydrogen) atoms. The zero-order valence-corrected chi connectivity index (χ0v) is 24.8. The van der Waals surface area contributed by atoms with Crippen LogP contribution in [0.15, 0.2) is 67.1 Å². The van der Waals surface area contributed by atoms with Gasteiger partial charge in [0.15, 0.2) is 5.78 Å². The smallest absolute Gasteiger partial charge is 0.416 e. The van der Waals surface area contributed by atoms with Crippen LogP contribution < -0.4 is 15.4 Å². The normalized spacial score (nSPS) is 12.9.